The van der Waals surface area contributed by atoms with Crippen molar-refractivity contribution in [1.82, 2.24) is 9.88 Å². The third-order valence-corrected chi connectivity index (χ3v) is 5.70. The predicted octanol–water partition coefficient (Wildman–Crippen LogP) is 3.99. The molecule has 3 rings (SSSR count). The highest BCUT2D eigenvalue weighted by Gasteiger charge is 2.37. The quantitative estimate of drug-likeness (QED) is 0.842. The molecule has 1 aromatic rings. The molecule has 0 spiro atoms. The molecule has 2 atom stereocenters. The highest BCUT2D eigenvalue weighted by molar-refractivity contribution is 6.00. The van der Waals surface area contributed by atoms with Gasteiger partial charge in [0.1, 0.15) is 5.69 Å². The van der Waals surface area contributed by atoms with Crippen molar-refractivity contribution in [2.45, 2.75) is 78.4 Å². The van der Waals surface area contributed by atoms with Crippen LogP contribution in [-0.4, -0.2) is 40.5 Å². The number of carbonyl (C=O) groups excluding carboxylic acids is 2. The van der Waals surface area contributed by atoms with E-state index in [1.807, 2.05) is 27.7 Å². The van der Waals surface area contributed by atoms with Gasteiger partial charge in [-0.1, -0.05) is 12.8 Å². The molecule has 5 heteroatoms. The molecule has 1 aromatic heterocycles. The molecule has 1 N–H and O–H groups in total. The summed E-state index contributed by atoms with van der Waals surface area (Å²) in [5.41, 5.74) is 2.49. The number of hydrogen-bond donors (Lipinski definition) is 1. The number of nitrogens with zero attached hydrogens (tertiary/aromatic N) is 1. The molecule has 0 aromatic carbocycles. The van der Waals surface area contributed by atoms with Gasteiger partial charge >= 0.3 is 5.97 Å². The molecule has 2 fully saturated rings. The number of fused-ring (bicyclic) bond motifs is 1. The van der Waals surface area contributed by atoms with Crippen LogP contribution in [0.4, 0.5) is 0 Å². The topological polar surface area (TPSA) is 62.4 Å². The van der Waals surface area contributed by atoms with Crippen LogP contribution < -0.4 is 0 Å². The van der Waals surface area contributed by atoms with Crippen LogP contribution in [-0.2, 0) is 4.74 Å². The minimum atomic E-state index is -0.352. The lowest BCUT2D eigenvalue weighted by Gasteiger charge is -2.44. The second-order valence-electron chi connectivity index (χ2n) is 7.83. The van der Waals surface area contributed by atoms with Crippen molar-refractivity contribution in [3.05, 3.63) is 22.5 Å². The number of likely N-dealkylation sites (tertiary alicyclic amines) is 1. The maximum Gasteiger partial charge on any atom is 0.340 e. The van der Waals surface area contributed by atoms with Crippen LogP contribution in [0.15, 0.2) is 0 Å². The molecular formula is C20H30N2O3. The SMILES string of the molecule is Cc1[nH]c(C(=O)N2CCCC3CCCCC32)c(C)c1C(=O)OC(C)C. The number of aromatic nitrogens is 1. The molecule has 1 saturated heterocycles. The van der Waals surface area contributed by atoms with Crippen molar-refractivity contribution < 1.29 is 14.3 Å². The number of amides is 1. The standard InChI is InChI=1S/C20H30N2O3/c1-12(2)25-20(24)17-13(3)18(21-14(17)4)19(23)22-11-7-9-15-8-5-6-10-16(15)22/h12,15-16,21H,5-11H2,1-4H3. The van der Waals surface area contributed by atoms with Gasteiger partial charge in [0.2, 0.25) is 0 Å². The Morgan fingerprint density at radius 3 is 2.52 bits per heavy atom. The lowest BCUT2D eigenvalue weighted by Crippen LogP contribution is -2.49. The number of nitrogens with one attached hydrogen (secondary N) is 1. The lowest BCUT2D eigenvalue weighted by atomic mass is 9.78. The number of ether oxygens (including phenoxy) is 1. The Morgan fingerprint density at radius 1 is 1.12 bits per heavy atom. The molecule has 1 aliphatic heterocycles. The first-order chi connectivity index (χ1) is 11.9. The highest BCUT2D eigenvalue weighted by atomic mass is 16.5. The fraction of sp³-hybridized carbons (Fsp3) is 0.700. The zero-order chi connectivity index (χ0) is 18.1. The van der Waals surface area contributed by atoms with Crippen LogP contribution in [0.5, 0.6) is 0 Å². The van der Waals surface area contributed by atoms with E-state index in [-0.39, 0.29) is 18.0 Å². The van der Waals surface area contributed by atoms with E-state index in [0.29, 0.717) is 34.5 Å². The van der Waals surface area contributed by atoms with Gasteiger partial charge in [0.15, 0.2) is 0 Å². The smallest absolute Gasteiger partial charge is 0.340 e. The summed E-state index contributed by atoms with van der Waals surface area (Å²) in [6.07, 6.45) is 6.98. The maximum atomic E-state index is 13.2. The van der Waals surface area contributed by atoms with Crippen LogP contribution in [0.1, 0.15) is 84.5 Å². The van der Waals surface area contributed by atoms with E-state index >= 15 is 0 Å². The van der Waals surface area contributed by atoms with E-state index in [1.165, 1.54) is 25.7 Å². The van der Waals surface area contributed by atoms with Crippen molar-refractivity contribution in [2.24, 2.45) is 5.92 Å². The van der Waals surface area contributed by atoms with Crippen molar-refractivity contribution in [2.75, 3.05) is 6.54 Å². The maximum absolute atomic E-state index is 13.2. The van der Waals surface area contributed by atoms with E-state index in [9.17, 15) is 9.59 Å². The van der Waals surface area contributed by atoms with Gasteiger partial charge in [0, 0.05) is 18.3 Å². The Bertz CT molecular complexity index is 660. The first-order valence-corrected chi connectivity index (χ1v) is 9.61. The fourth-order valence-electron chi connectivity index (χ4n) is 4.56. The normalized spacial score (nSPS) is 23.5. The summed E-state index contributed by atoms with van der Waals surface area (Å²) in [7, 11) is 0. The Hall–Kier alpha value is -1.78. The fourth-order valence-corrected chi connectivity index (χ4v) is 4.56. The van der Waals surface area contributed by atoms with Gasteiger partial charge in [0.05, 0.1) is 11.7 Å². The van der Waals surface area contributed by atoms with Gasteiger partial charge in [-0.25, -0.2) is 4.79 Å². The molecule has 25 heavy (non-hydrogen) atoms. The Morgan fingerprint density at radius 2 is 1.80 bits per heavy atom. The van der Waals surface area contributed by atoms with Crippen molar-refractivity contribution in [3.8, 4) is 0 Å². The van der Waals surface area contributed by atoms with Gasteiger partial charge in [-0.2, -0.15) is 0 Å². The average Bonchev–Trinajstić information content (AvgIpc) is 2.87. The Kier molecular flexibility index (Phi) is 5.21. The van der Waals surface area contributed by atoms with Gasteiger partial charge in [-0.15, -0.1) is 0 Å². The lowest BCUT2D eigenvalue weighted by molar-refractivity contribution is 0.0376. The molecule has 138 valence electrons. The van der Waals surface area contributed by atoms with E-state index in [1.54, 1.807) is 0 Å². The molecule has 1 saturated carbocycles. The van der Waals surface area contributed by atoms with Gasteiger partial charge in [-0.05, 0) is 64.9 Å². The molecular weight excluding hydrogens is 316 g/mol. The molecule has 1 aliphatic carbocycles. The second kappa shape index (κ2) is 7.22. The number of hydrogen-bond acceptors (Lipinski definition) is 3. The number of carbonyl (C=O) groups is 2. The van der Waals surface area contributed by atoms with Crippen LogP contribution in [0, 0.1) is 19.8 Å². The number of esters is 1. The molecule has 2 heterocycles. The average molecular weight is 346 g/mol. The summed E-state index contributed by atoms with van der Waals surface area (Å²) in [5, 5.41) is 0. The van der Waals surface area contributed by atoms with Gasteiger partial charge < -0.3 is 14.6 Å². The van der Waals surface area contributed by atoms with E-state index < -0.39 is 0 Å². The molecule has 2 unspecified atom stereocenters. The van der Waals surface area contributed by atoms with E-state index in [4.69, 9.17) is 4.74 Å². The molecule has 5 nitrogen and oxygen atoms in total. The minimum absolute atomic E-state index is 0.0424. The van der Waals surface area contributed by atoms with Crippen LogP contribution in [0.25, 0.3) is 0 Å². The van der Waals surface area contributed by atoms with E-state index in [0.717, 1.165) is 19.4 Å². The van der Waals surface area contributed by atoms with Crippen LogP contribution in [0.2, 0.25) is 0 Å². The summed E-state index contributed by atoms with van der Waals surface area (Å²) in [6.45, 7) is 8.16. The number of piperidine rings is 1. The molecule has 1 amide bonds. The second-order valence-corrected chi connectivity index (χ2v) is 7.83. The predicted molar refractivity (Wildman–Crippen MR) is 96.8 cm³/mol. The highest BCUT2D eigenvalue weighted by Crippen LogP contribution is 2.36. The number of aryl methyl sites for hydroxylation is 1. The van der Waals surface area contributed by atoms with E-state index in [2.05, 4.69) is 9.88 Å². The van der Waals surface area contributed by atoms with Gasteiger partial charge in [0.25, 0.3) is 5.91 Å². The van der Waals surface area contributed by atoms with Gasteiger partial charge in [-0.3, -0.25) is 4.79 Å². The molecule has 2 aliphatic rings. The monoisotopic (exact) mass is 346 g/mol. The largest absolute Gasteiger partial charge is 0.459 e. The summed E-state index contributed by atoms with van der Waals surface area (Å²) >= 11 is 0. The summed E-state index contributed by atoms with van der Waals surface area (Å²) in [6, 6.07) is 0.365. The minimum Gasteiger partial charge on any atom is -0.459 e. The number of H-pyrrole nitrogens is 1. The summed E-state index contributed by atoms with van der Waals surface area (Å²) < 4.78 is 5.34. The zero-order valence-electron chi connectivity index (χ0n) is 15.9. The Labute approximate surface area is 150 Å². The van der Waals surface area contributed by atoms with Crippen molar-refractivity contribution in [3.63, 3.8) is 0 Å². The van der Waals surface area contributed by atoms with Crippen LogP contribution in [0.3, 0.4) is 0 Å². The van der Waals surface area contributed by atoms with Crippen molar-refractivity contribution >= 4 is 11.9 Å². The third-order valence-electron chi connectivity index (χ3n) is 5.70. The first kappa shape index (κ1) is 18.0. The zero-order valence-corrected chi connectivity index (χ0v) is 15.9. The summed E-state index contributed by atoms with van der Waals surface area (Å²) in [5.74, 6) is 0.337. The molecule has 0 radical (unpaired) electrons. The first-order valence-electron chi connectivity index (χ1n) is 9.61. The molecule has 0 bridgehead atoms. The van der Waals surface area contributed by atoms with Crippen LogP contribution >= 0.6 is 0 Å². The summed E-state index contributed by atoms with van der Waals surface area (Å²) in [4.78, 5) is 30.8. The number of aromatic amines is 1. The third kappa shape index (κ3) is 3.46. The van der Waals surface area contributed by atoms with Crippen molar-refractivity contribution in [1.29, 1.82) is 0 Å². The number of rotatable bonds is 3. The Balaban J connectivity index is 1.86.